The molecule has 23 heavy (non-hydrogen) atoms. The van der Waals surface area contributed by atoms with Crippen LogP contribution in [0.3, 0.4) is 0 Å². The first-order chi connectivity index (χ1) is 11.0. The Morgan fingerprint density at radius 1 is 1.35 bits per heavy atom. The number of hydrogen-bond acceptors (Lipinski definition) is 4. The first kappa shape index (κ1) is 17.6. The van der Waals surface area contributed by atoms with E-state index in [0.717, 1.165) is 12.0 Å². The van der Waals surface area contributed by atoms with E-state index in [9.17, 15) is 9.59 Å². The molecule has 1 unspecified atom stereocenters. The number of ether oxygens (including phenoxy) is 1. The summed E-state index contributed by atoms with van der Waals surface area (Å²) in [4.78, 5) is 26.7. The van der Waals surface area contributed by atoms with Gasteiger partial charge in [-0.3, -0.25) is 4.79 Å². The van der Waals surface area contributed by atoms with Crippen molar-refractivity contribution in [3.05, 3.63) is 46.9 Å². The van der Waals surface area contributed by atoms with E-state index in [0.29, 0.717) is 24.0 Å². The van der Waals surface area contributed by atoms with Crippen LogP contribution in [0.4, 0.5) is 0 Å². The second-order valence-electron chi connectivity index (χ2n) is 5.82. The lowest BCUT2D eigenvalue weighted by molar-refractivity contribution is -0.137. The topological polar surface area (TPSA) is 46.6 Å². The van der Waals surface area contributed by atoms with Crippen LogP contribution >= 0.6 is 11.8 Å². The Morgan fingerprint density at radius 3 is 2.65 bits per heavy atom. The second-order valence-corrected chi connectivity index (χ2v) is 6.94. The molecule has 2 rings (SSSR count). The summed E-state index contributed by atoms with van der Waals surface area (Å²) in [6.07, 6.45) is 2.25. The van der Waals surface area contributed by atoms with Gasteiger partial charge < -0.3 is 9.64 Å². The van der Waals surface area contributed by atoms with Crippen molar-refractivity contribution in [3.8, 4) is 0 Å². The number of amides is 1. The molecule has 0 N–H and O–H groups in total. The van der Waals surface area contributed by atoms with Gasteiger partial charge in [-0.15, -0.1) is 0 Å². The summed E-state index contributed by atoms with van der Waals surface area (Å²) >= 11 is 1.42. The highest BCUT2D eigenvalue weighted by molar-refractivity contribution is 8.04. The molecular weight excluding hydrogens is 310 g/mol. The molecule has 124 valence electrons. The van der Waals surface area contributed by atoms with E-state index in [1.54, 1.807) is 6.92 Å². The van der Waals surface area contributed by atoms with Crippen LogP contribution in [-0.4, -0.2) is 29.9 Å². The summed E-state index contributed by atoms with van der Waals surface area (Å²) in [6.45, 7) is 7.02. The molecule has 1 atom stereocenters. The summed E-state index contributed by atoms with van der Waals surface area (Å²) in [5, 5.41) is -0.0804. The van der Waals surface area contributed by atoms with Crippen LogP contribution in [0.1, 0.15) is 38.1 Å². The molecule has 1 amide bonds. The van der Waals surface area contributed by atoms with Gasteiger partial charge in [-0.05, 0) is 24.8 Å². The van der Waals surface area contributed by atoms with Gasteiger partial charge in [0.15, 0.2) is 0 Å². The standard InChI is InChI=1S/C18H23NO3S/c1-4-22-16(20)12-15-17(21)19(11-10-13(2)3)18(23-15)14-8-6-5-7-9-14/h5-9,12-13,18H,4,10-11H2,1-3H3. The lowest BCUT2D eigenvalue weighted by atomic mass is 10.1. The van der Waals surface area contributed by atoms with Gasteiger partial charge in [0.2, 0.25) is 0 Å². The van der Waals surface area contributed by atoms with Crippen molar-refractivity contribution in [1.82, 2.24) is 4.90 Å². The quantitative estimate of drug-likeness (QED) is 0.587. The van der Waals surface area contributed by atoms with Crippen molar-refractivity contribution in [1.29, 1.82) is 0 Å². The molecule has 0 aliphatic carbocycles. The summed E-state index contributed by atoms with van der Waals surface area (Å²) in [6, 6.07) is 9.92. The minimum atomic E-state index is -0.458. The van der Waals surface area contributed by atoms with E-state index in [1.165, 1.54) is 17.8 Å². The maximum Gasteiger partial charge on any atom is 0.332 e. The predicted octanol–water partition coefficient (Wildman–Crippen LogP) is 3.75. The largest absolute Gasteiger partial charge is 0.463 e. The van der Waals surface area contributed by atoms with E-state index in [4.69, 9.17) is 4.74 Å². The Balaban J connectivity index is 2.24. The highest BCUT2D eigenvalue weighted by Gasteiger charge is 2.37. The summed E-state index contributed by atoms with van der Waals surface area (Å²) < 4.78 is 4.93. The van der Waals surface area contributed by atoms with E-state index in [1.807, 2.05) is 35.2 Å². The molecule has 1 aliphatic rings. The third-order valence-corrected chi connectivity index (χ3v) is 4.86. The summed E-state index contributed by atoms with van der Waals surface area (Å²) in [7, 11) is 0. The van der Waals surface area contributed by atoms with Gasteiger partial charge in [0.1, 0.15) is 5.37 Å². The molecule has 1 fully saturated rings. The van der Waals surface area contributed by atoms with Crippen LogP contribution in [0.15, 0.2) is 41.3 Å². The predicted molar refractivity (Wildman–Crippen MR) is 92.7 cm³/mol. The third-order valence-electron chi connectivity index (χ3n) is 3.56. The van der Waals surface area contributed by atoms with Crippen LogP contribution in [0.5, 0.6) is 0 Å². The molecule has 0 spiro atoms. The molecule has 1 aliphatic heterocycles. The molecule has 1 aromatic carbocycles. The van der Waals surface area contributed by atoms with Gasteiger partial charge in [0, 0.05) is 12.6 Å². The van der Waals surface area contributed by atoms with Gasteiger partial charge in [0.05, 0.1) is 11.5 Å². The molecule has 1 heterocycles. The number of carbonyl (C=O) groups is 2. The summed E-state index contributed by atoms with van der Waals surface area (Å²) in [5.41, 5.74) is 1.07. The van der Waals surface area contributed by atoms with Gasteiger partial charge in [0.25, 0.3) is 5.91 Å². The highest BCUT2D eigenvalue weighted by atomic mass is 32.2. The summed E-state index contributed by atoms with van der Waals surface area (Å²) in [5.74, 6) is -0.0271. The molecule has 1 saturated heterocycles. The maximum atomic E-state index is 12.7. The Morgan fingerprint density at radius 2 is 2.04 bits per heavy atom. The molecular formula is C18H23NO3S. The molecule has 4 nitrogen and oxygen atoms in total. The van der Waals surface area contributed by atoms with Crippen LogP contribution in [0, 0.1) is 5.92 Å². The molecule has 0 radical (unpaired) electrons. The van der Waals surface area contributed by atoms with Gasteiger partial charge >= 0.3 is 5.97 Å². The Bertz CT molecular complexity index is 583. The smallest absolute Gasteiger partial charge is 0.332 e. The maximum absolute atomic E-state index is 12.7. The van der Waals surface area contributed by atoms with E-state index < -0.39 is 5.97 Å². The van der Waals surface area contributed by atoms with E-state index in [2.05, 4.69) is 13.8 Å². The third kappa shape index (κ3) is 4.61. The van der Waals surface area contributed by atoms with Crippen LogP contribution < -0.4 is 0 Å². The number of nitrogens with zero attached hydrogens (tertiary/aromatic N) is 1. The highest BCUT2D eigenvalue weighted by Crippen LogP contribution is 2.45. The van der Waals surface area contributed by atoms with Crippen molar-refractivity contribution in [3.63, 3.8) is 0 Å². The monoisotopic (exact) mass is 333 g/mol. The number of benzene rings is 1. The normalized spacial score (nSPS) is 19.7. The fourth-order valence-corrected chi connectivity index (χ4v) is 3.60. The average Bonchev–Trinajstić information content (AvgIpc) is 2.83. The number of esters is 1. The van der Waals surface area contributed by atoms with Gasteiger partial charge in [-0.2, -0.15) is 0 Å². The first-order valence-electron chi connectivity index (χ1n) is 7.94. The van der Waals surface area contributed by atoms with Crippen molar-refractivity contribution in [2.45, 2.75) is 32.6 Å². The fourth-order valence-electron chi connectivity index (χ4n) is 2.35. The lowest BCUT2D eigenvalue weighted by Gasteiger charge is -2.24. The molecule has 0 bridgehead atoms. The Kier molecular flexibility index (Phi) is 6.28. The fraction of sp³-hybridized carbons (Fsp3) is 0.444. The lowest BCUT2D eigenvalue weighted by Crippen LogP contribution is -2.29. The SMILES string of the molecule is CCOC(=O)C=C1SC(c2ccccc2)N(CCC(C)C)C1=O. The van der Waals surface area contributed by atoms with Gasteiger partial charge in [-0.25, -0.2) is 4.79 Å². The Hall–Kier alpha value is -1.75. The van der Waals surface area contributed by atoms with E-state index in [-0.39, 0.29) is 11.3 Å². The van der Waals surface area contributed by atoms with Crippen LogP contribution in [-0.2, 0) is 14.3 Å². The van der Waals surface area contributed by atoms with Gasteiger partial charge in [-0.1, -0.05) is 55.9 Å². The molecule has 0 saturated carbocycles. The zero-order valence-electron chi connectivity index (χ0n) is 13.8. The first-order valence-corrected chi connectivity index (χ1v) is 8.82. The average molecular weight is 333 g/mol. The molecule has 5 heteroatoms. The zero-order chi connectivity index (χ0) is 16.8. The minimum absolute atomic E-state index is 0.0804. The zero-order valence-corrected chi connectivity index (χ0v) is 14.6. The van der Waals surface area contributed by atoms with Crippen LogP contribution in [0.2, 0.25) is 0 Å². The molecule has 1 aromatic rings. The van der Waals surface area contributed by atoms with Crippen molar-refractivity contribution in [2.24, 2.45) is 5.92 Å². The number of rotatable bonds is 6. The van der Waals surface area contributed by atoms with Crippen LogP contribution in [0.25, 0.3) is 0 Å². The minimum Gasteiger partial charge on any atom is -0.463 e. The number of thioether (sulfide) groups is 1. The van der Waals surface area contributed by atoms with E-state index >= 15 is 0 Å². The second kappa shape index (κ2) is 8.20. The Labute approximate surface area is 141 Å². The number of hydrogen-bond donors (Lipinski definition) is 0. The van der Waals surface area contributed by atoms with Crippen molar-refractivity contribution >= 4 is 23.6 Å². The van der Waals surface area contributed by atoms with Crippen molar-refractivity contribution < 1.29 is 14.3 Å². The van der Waals surface area contributed by atoms with Crippen molar-refractivity contribution in [2.75, 3.05) is 13.2 Å². The number of carbonyl (C=O) groups excluding carboxylic acids is 2. The molecule has 0 aromatic heterocycles.